The van der Waals surface area contributed by atoms with Crippen LogP contribution in [0.25, 0.3) is 28.2 Å². The maximum Gasteiger partial charge on any atom is 0.330 e. The Morgan fingerprint density at radius 1 is 1.28 bits per heavy atom. The minimum Gasteiger partial charge on any atom is -0.386 e. The van der Waals surface area contributed by atoms with Crippen LogP contribution in [0.15, 0.2) is 40.0 Å². The van der Waals surface area contributed by atoms with Crippen molar-refractivity contribution >= 4 is 41.5 Å². The molecule has 32 heavy (non-hydrogen) atoms. The normalized spacial score (nSPS) is 27.9. The van der Waals surface area contributed by atoms with Crippen LogP contribution in [0.2, 0.25) is 0 Å². The number of aliphatic hydroxyl groups excluding tert-OH is 1. The third kappa shape index (κ3) is 3.06. The molecule has 3 N–H and O–H groups in total. The van der Waals surface area contributed by atoms with Crippen molar-refractivity contribution in [3.05, 3.63) is 51.1 Å². The Bertz CT molecular complexity index is 1400. The number of nitrogens with zero attached hydrogens (tertiary/aromatic N) is 4. The number of hydrogen-bond acceptors (Lipinski definition) is 8. The third-order valence-corrected chi connectivity index (χ3v) is 7.05. The molecule has 13 heteroatoms. The highest BCUT2D eigenvalue weighted by molar-refractivity contribution is 9.10. The molecule has 5 heterocycles. The van der Waals surface area contributed by atoms with E-state index in [1.165, 1.54) is 8.97 Å². The molecule has 2 aliphatic rings. The monoisotopic (exact) mass is 521 g/mol. The van der Waals surface area contributed by atoms with Gasteiger partial charge in [0.15, 0.2) is 22.1 Å². The van der Waals surface area contributed by atoms with Crippen molar-refractivity contribution in [1.82, 2.24) is 23.9 Å². The first-order chi connectivity index (χ1) is 15.4. The van der Waals surface area contributed by atoms with Crippen molar-refractivity contribution < 1.29 is 23.8 Å². The van der Waals surface area contributed by atoms with Gasteiger partial charge in [-0.05, 0) is 28.4 Å². The van der Waals surface area contributed by atoms with E-state index in [9.17, 15) is 14.8 Å². The van der Waals surface area contributed by atoms with Crippen LogP contribution in [0.5, 0.6) is 0 Å². The molecule has 4 aromatic rings. The molecule has 5 atom stereocenters. The summed E-state index contributed by atoms with van der Waals surface area (Å²) in [6, 6.07) is 7.90. The Labute approximate surface area is 189 Å². The number of aryl methyl sites for hydroxylation is 1. The van der Waals surface area contributed by atoms with Crippen molar-refractivity contribution in [2.24, 2.45) is 0 Å². The first-order valence-electron chi connectivity index (χ1n) is 9.79. The molecular formula is C19H17BrN5O6P. The summed E-state index contributed by atoms with van der Waals surface area (Å²) in [5.74, 6) is 0.329. The van der Waals surface area contributed by atoms with Gasteiger partial charge in [0.1, 0.15) is 18.3 Å². The van der Waals surface area contributed by atoms with Gasteiger partial charge in [0.2, 0.25) is 5.78 Å². The van der Waals surface area contributed by atoms with Gasteiger partial charge in [0.25, 0.3) is 5.56 Å². The van der Waals surface area contributed by atoms with E-state index in [4.69, 9.17) is 13.8 Å². The van der Waals surface area contributed by atoms with Crippen LogP contribution in [-0.4, -0.2) is 58.8 Å². The molecular weight excluding hydrogens is 505 g/mol. The molecule has 2 fully saturated rings. The Morgan fingerprint density at radius 2 is 2.06 bits per heavy atom. The van der Waals surface area contributed by atoms with Gasteiger partial charge >= 0.3 is 8.60 Å². The zero-order chi connectivity index (χ0) is 22.1. The van der Waals surface area contributed by atoms with E-state index in [0.717, 1.165) is 16.8 Å². The molecule has 166 valence electrons. The van der Waals surface area contributed by atoms with Gasteiger partial charge in [-0.25, -0.2) is 9.38 Å². The summed E-state index contributed by atoms with van der Waals surface area (Å²) in [4.78, 5) is 34.9. The van der Waals surface area contributed by atoms with Crippen LogP contribution in [0.4, 0.5) is 0 Å². The van der Waals surface area contributed by atoms with E-state index in [0.29, 0.717) is 5.78 Å². The Morgan fingerprint density at radius 3 is 2.84 bits per heavy atom. The summed E-state index contributed by atoms with van der Waals surface area (Å²) in [5, 5.41) is 10.8. The number of aromatic nitrogens is 5. The lowest BCUT2D eigenvalue weighted by Gasteiger charge is -2.27. The minimum absolute atomic E-state index is 0.0849. The number of fused-ring (bicyclic) bond motifs is 3. The summed E-state index contributed by atoms with van der Waals surface area (Å²) in [7, 11) is -2.07. The number of imidazole rings is 2. The molecule has 5 unspecified atom stereocenters. The van der Waals surface area contributed by atoms with Crippen molar-refractivity contribution in [2.75, 3.05) is 6.61 Å². The Balaban J connectivity index is 1.47. The van der Waals surface area contributed by atoms with Crippen LogP contribution in [0.1, 0.15) is 11.8 Å². The van der Waals surface area contributed by atoms with Crippen LogP contribution in [0.3, 0.4) is 0 Å². The fourth-order valence-electron chi connectivity index (χ4n) is 4.08. The smallest absolute Gasteiger partial charge is 0.330 e. The van der Waals surface area contributed by atoms with Gasteiger partial charge in [-0.1, -0.05) is 29.8 Å². The van der Waals surface area contributed by atoms with E-state index < -0.39 is 33.1 Å². The molecule has 0 saturated carbocycles. The zero-order valence-corrected chi connectivity index (χ0v) is 19.0. The Kier molecular flexibility index (Phi) is 4.74. The second-order valence-corrected chi connectivity index (χ2v) is 9.38. The fourth-order valence-corrected chi connectivity index (χ4v) is 5.43. The molecule has 6 rings (SSSR count). The predicted octanol–water partition coefficient (Wildman–Crippen LogP) is 2.00. The van der Waals surface area contributed by atoms with E-state index in [1.807, 2.05) is 31.2 Å². The number of nitrogens with one attached hydrogen (secondary N) is 1. The maximum absolute atomic E-state index is 13.2. The van der Waals surface area contributed by atoms with Crippen molar-refractivity contribution in [1.29, 1.82) is 0 Å². The first-order valence-corrected chi connectivity index (χ1v) is 11.7. The predicted molar refractivity (Wildman–Crippen MR) is 117 cm³/mol. The lowest BCUT2D eigenvalue weighted by Crippen LogP contribution is -2.38. The summed E-state index contributed by atoms with van der Waals surface area (Å²) in [5.41, 5.74) is 2.79. The molecule has 0 radical (unpaired) electrons. The molecule has 3 aromatic heterocycles. The highest BCUT2D eigenvalue weighted by Gasteiger charge is 2.50. The number of rotatable bonds is 2. The lowest BCUT2D eigenvalue weighted by molar-refractivity contribution is -0.0594. The number of hydrogen-bond donors (Lipinski definition) is 3. The number of aromatic amines is 1. The molecule has 0 amide bonds. The van der Waals surface area contributed by atoms with E-state index >= 15 is 0 Å². The van der Waals surface area contributed by atoms with Gasteiger partial charge < -0.3 is 28.8 Å². The largest absolute Gasteiger partial charge is 0.386 e. The summed E-state index contributed by atoms with van der Waals surface area (Å²) < 4.78 is 19.6. The molecule has 11 nitrogen and oxygen atoms in total. The molecule has 2 saturated heterocycles. The van der Waals surface area contributed by atoms with Crippen LogP contribution < -0.4 is 5.56 Å². The van der Waals surface area contributed by atoms with E-state index in [1.54, 1.807) is 6.20 Å². The molecule has 0 bridgehead atoms. The van der Waals surface area contributed by atoms with E-state index in [2.05, 4.69) is 30.9 Å². The average Bonchev–Trinajstić information content (AvgIpc) is 3.43. The molecule has 2 aliphatic heterocycles. The Hall–Kier alpha value is -2.18. The van der Waals surface area contributed by atoms with Gasteiger partial charge in [-0.3, -0.25) is 9.36 Å². The zero-order valence-electron chi connectivity index (χ0n) is 16.5. The van der Waals surface area contributed by atoms with Crippen LogP contribution in [-0.2, 0) is 13.8 Å². The molecule has 0 spiro atoms. The van der Waals surface area contributed by atoms with Crippen LogP contribution in [0, 0.1) is 6.92 Å². The molecule has 0 aliphatic carbocycles. The van der Waals surface area contributed by atoms with Crippen molar-refractivity contribution in [3.63, 3.8) is 0 Å². The van der Waals surface area contributed by atoms with Crippen molar-refractivity contribution in [2.45, 2.75) is 31.5 Å². The second-order valence-electron chi connectivity index (χ2n) is 7.73. The highest BCUT2D eigenvalue weighted by atomic mass is 79.9. The van der Waals surface area contributed by atoms with Gasteiger partial charge in [-0.2, -0.15) is 4.98 Å². The number of H-pyrrole nitrogens is 1. The molecule has 1 aromatic carbocycles. The lowest BCUT2D eigenvalue weighted by atomic mass is 10.1. The fraction of sp³-hybridized carbons (Fsp3) is 0.316. The first kappa shape index (κ1) is 20.4. The summed E-state index contributed by atoms with van der Waals surface area (Å²) in [6.45, 7) is 2.09. The number of ether oxygens (including phenoxy) is 1. The van der Waals surface area contributed by atoms with Gasteiger partial charge in [0, 0.05) is 6.20 Å². The number of aliphatic hydroxyl groups is 1. The van der Waals surface area contributed by atoms with Crippen molar-refractivity contribution in [3.8, 4) is 11.3 Å². The maximum atomic E-state index is 13.2. The van der Waals surface area contributed by atoms with Gasteiger partial charge in [0.05, 0.1) is 12.3 Å². The number of benzene rings is 1. The second kappa shape index (κ2) is 7.42. The number of halogens is 1. The summed E-state index contributed by atoms with van der Waals surface area (Å²) in [6.07, 6.45) is -1.71. The standard InChI is InChI=1S/C19H17BrN5O6P/c1-8-2-4-9(5-3-8)10-6-24-16(27)12-15(23-19(24)21-10)25(18(20)22-12)17-13(26)14-11(30-17)7-29-32(28)31-14/h2-6,11,13-14,17,26,28H,7H2,1H3,(H,21,23). The van der Waals surface area contributed by atoms with E-state index in [-0.39, 0.29) is 28.1 Å². The summed E-state index contributed by atoms with van der Waals surface area (Å²) >= 11 is 3.36. The highest BCUT2D eigenvalue weighted by Crippen LogP contribution is 2.47. The average molecular weight is 522 g/mol. The van der Waals surface area contributed by atoms with Gasteiger partial charge in [-0.15, -0.1) is 0 Å². The third-order valence-electron chi connectivity index (χ3n) is 5.70. The van der Waals surface area contributed by atoms with Crippen LogP contribution >= 0.6 is 24.5 Å². The minimum atomic E-state index is -2.07. The quantitative estimate of drug-likeness (QED) is 0.269. The SMILES string of the molecule is Cc1ccc(-c2cn3c(=O)c4nc(Br)n(C5OC6COP(O)OC6C5O)c4nc3[nH]2)cc1. The topological polar surface area (TPSA) is 136 Å².